The summed E-state index contributed by atoms with van der Waals surface area (Å²) in [5, 5.41) is 3.10. The van der Waals surface area contributed by atoms with E-state index in [4.69, 9.17) is 0 Å². The fourth-order valence-electron chi connectivity index (χ4n) is 2.50. The van der Waals surface area contributed by atoms with Gasteiger partial charge in [0.1, 0.15) is 0 Å². The second-order valence-corrected chi connectivity index (χ2v) is 6.89. The van der Waals surface area contributed by atoms with Gasteiger partial charge in [-0.2, -0.15) is 0 Å². The molecule has 1 aromatic carbocycles. The first-order chi connectivity index (χ1) is 8.45. The van der Waals surface area contributed by atoms with E-state index in [1.54, 1.807) is 0 Å². The van der Waals surface area contributed by atoms with Gasteiger partial charge < -0.3 is 10.2 Å². The zero-order valence-corrected chi connectivity index (χ0v) is 12.0. The van der Waals surface area contributed by atoms with Gasteiger partial charge in [-0.25, -0.2) is 8.42 Å². The highest BCUT2D eigenvalue weighted by atomic mass is 32.2. The minimum Gasteiger partial charge on any atom is -0.368 e. The number of fused-ring (bicyclic) bond motifs is 1. The molecule has 0 spiro atoms. The van der Waals surface area contributed by atoms with Crippen LogP contribution in [0.4, 0.5) is 5.69 Å². The van der Waals surface area contributed by atoms with Gasteiger partial charge in [0.15, 0.2) is 9.84 Å². The second-order valence-electron chi connectivity index (χ2n) is 4.84. The number of hydrogen-bond donors (Lipinski definition) is 1. The summed E-state index contributed by atoms with van der Waals surface area (Å²) < 4.78 is 24.4. The number of anilines is 1. The molecule has 0 atom stereocenters. The first-order valence-corrected chi connectivity index (χ1v) is 7.84. The van der Waals surface area contributed by atoms with Crippen LogP contribution in [0.15, 0.2) is 17.0 Å². The lowest BCUT2D eigenvalue weighted by Crippen LogP contribution is -2.39. The molecule has 0 aromatic heterocycles. The van der Waals surface area contributed by atoms with Crippen LogP contribution in [0.3, 0.4) is 0 Å². The molecule has 0 saturated carbocycles. The molecule has 100 valence electrons. The van der Waals surface area contributed by atoms with Crippen molar-refractivity contribution in [3.05, 3.63) is 23.3 Å². The lowest BCUT2D eigenvalue weighted by atomic mass is 10.1. The van der Waals surface area contributed by atoms with Crippen LogP contribution in [0.2, 0.25) is 0 Å². The first kappa shape index (κ1) is 13.4. The highest BCUT2D eigenvalue weighted by molar-refractivity contribution is 7.91. The van der Waals surface area contributed by atoms with E-state index < -0.39 is 9.84 Å². The molecule has 0 radical (unpaired) electrons. The number of hydrogen-bond acceptors (Lipinski definition) is 4. The number of benzene rings is 1. The van der Waals surface area contributed by atoms with Crippen LogP contribution in [0.5, 0.6) is 0 Å². The standard InChI is InChI=1S/C13H20N2O2S/c1-10-8-11(2)13-12(9-10)15(5-4-14-3)6-7-18(13,16)17/h8-9,14H,4-7H2,1-3H3. The van der Waals surface area contributed by atoms with E-state index in [1.807, 2.05) is 33.0 Å². The van der Waals surface area contributed by atoms with Crippen molar-refractivity contribution < 1.29 is 8.42 Å². The van der Waals surface area contributed by atoms with Crippen LogP contribution in [0.1, 0.15) is 11.1 Å². The molecule has 0 saturated heterocycles. The molecule has 18 heavy (non-hydrogen) atoms. The minimum atomic E-state index is -3.11. The molecule has 0 fully saturated rings. The van der Waals surface area contributed by atoms with Crippen molar-refractivity contribution in [2.75, 3.05) is 37.3 Å². The van der Waals surface area contributed by atoms with E-state index in [0.717, 1.165) is 29.9 Å². The van der Waals surface area contributed by atoms with Gasteiger partial charge in [-0.05, 0) is 38.1 Å². The maximum absolute atomic E-state index is 12.2. The Morgan fingerprint density at radius 3 is 2.72 bits per heavy atom. The minimum absolute atomic E-state index is 0.216. The largest absolute Gasteiger partial charge is 0.368 e. The van der Waals surface area contributed by atoms with Gasteiger partial charge in [0.05, 0.1) is 16.3 Å². The molecule has 0 amide bonds. The van der Waals surface area contributed by atoms with Gasteiger partial charge in [0.25, 0.3) is 0 Å². The molecule has 1 N–H and O–H groups in total. The molecule has 0 bridgehead atoms. The van der Waals surface area contributed by atoms with Gasteiger partial charge in [-0.15, -0.1) is 0 Å². The first-order valence-electron chi connectivity index (χ1n) is 6.19. The Hall–Kier alpha value is -1.07. The number of sulfone groups is 1. The maximum atomic E-state index is 12.2. The lowest BCUT2D eigenvalue weighted by Gasteiger charge is -2.32. The molecular formula is C13H20N2O2S. The Balaban J connectivity index is 2.52. The van der Waals surface area contributed by atoms with Crippen molar-refractivity contribution in [3.8, 4) is 0 Å². The van der Waals surface area contributed by atoms with Crippen molar-refractivity contribution in [1.82, 2.24) is 5.32 Å². The number of aryl methyl sites for hydroxylation is 2. The average Bonchev–Trinajstić information content (AvgIpc) is 2.26. The summed E-state index contributed by atoms with van der Waals surface area (Å²) in [5.41, 5.74) is 2.84. The molecular weight excluding hydrogens is 248 g/mol. The Morgan fingerprint density at radius 2 is 2.06 bits per heavy atom. The highest BCUT2D eigenvalue weighted by Crippen LogP contribution is 2.34. The van der Waals surface area contributed by atoms with Crippen LogP contribution < -0.4 is 10.2 Å². The molecule has 5 heteroatoms. The quantitative estimate of drug-likeness (QED) is 0.892. The van der Waals surface area contributed by atoms with E-state index >= 15 is 0 Å². The highest BCUT2D eigenvalue weighted by Gasteiger charge is 2.29. The van der Waals surface area contributed by atoms with Crippen molar-refractivity contribution >= 4 is 15.5 Å². The Labute approximate surface area is 109 Å². The van der Waals surface area contributed by atoms with Crippen molar-refractivity contribution in [2.24, 2.45) is 0 Å². The topological polar surface area (TPSA) is 49.4 Å². The van der Waals surface area contributed by atoms with Gasteiger partial charge in [-0.1, -0.05) is 6.07 Å². The molecule has 1 aliphatic heterocycles. The monoisotopic (exact) mass is 268 g/mol. The number of likely N-dealkylation sites (N-methyl/N-ethyl adjacent to an activating group) is 1. The Kier molecular flexibility index (Phi) is 3.64. The summed E-state index contributed by atoms with van der Waals surface area (Å²) in [6.45, 7) is 6.16. The summed E-state index contributed by atoms with van der Waals surface area (Å²) in [7, 11) is -1.20. The summed E-state index contributed by atoms with van der Waals surface area (Å²) in [6, 6.07) is 3.92. The molecule has 2 rings (SSSR count). The van der Waals surface area contributed by atoms with Crippen LogP contribution in [0, 0.1) is 13.8 Å². The van der Waals surface area contributed by atoms with Crippen LogP contribution >= 0.6 is 0 Å². The third-order valence-corrected chi connectivity index (χ3v) is 5.19. The normalized spacial score (nSPS) is 17.6. The zero-order valence-electron chi connectivity index (χ0n) is 11.2. The summed E-state index contributed by atoms with van der Waals surface area (Å²) in [5.74, 6) is 0.216. The van der Waals surface area contributed by atoms with Crippen LogP contribution in [0.25, 0.3) is 0 Å². The number of rotatable bonds is 3. The van der Waals surface area contributed by atoms with E-state index in [0.29, 0.717) is 11.4 Å². The Morgan fingerprint density at radius 1 is 1.33 bits per heavy atom. The molecule has 1 aromatic rings. The van der Waals surface area contributed by atoms with Crippen molar-refractivity contribution in [3.63, 3.8) is 0 Å². The fourth-order valence-corrected chi connectivity index (χ4v) is 4.22. The zero-order chi connectivity index (χ0) is 13.3. The molecule has 1 aliphatic rings. The number of nitrogens with one attached hydrogen (secondary N) is 1. The van der Waals surface area contributed by atoms with Crippen LogP contribution in [-0.4, -0.2) is 40.9 Å². The van der Waals surface area contributed by atoms with E-state index in [-0.39, 0.29) is 5.75 Å². The summed E-state index contributed by atoms with van der Waals surface area (Å²) in [4.78, 5) is 2.68. The molecule has 1 heterocycles. The van der Waals surface area contributed by atoms with Crippen molar-refractivity contribution in [1.29, 1.82) is 0 Å². The third kappa shape index (κ3) is 2.37. The van der Waals surface area contributed by atoms with Gasteiger partial charge >= 0.3 is 0 Å². The van der Waals surface area contributed by atoms with Crippen LogP contribution in [-0.2, 0) is 9.84 Å². The number of nitrogens with zero attached hydrogens (tertiary/aromatic N) is 1. The summed E-state index contributed by atoms with van der Waals surface area (Å²) >= 11 is 0. The third-order valence-electron chi connectivity index (χ3n) is 3.31. The summed E-state index contributed by atoms with van der Waals surface area (Å²) in [6.07, 6.45) is 0. The fraction of sp³-hybridized carbons (Fsp3) is 0.538. The lowest BCUT2D eigenvalue weighted by molar-refractivity contribution is 0.587. The van der Waals surface area contributed by atoms with E-state index in [1.165, 1.54) is 0 Å². The smallest absolute Gasteiger partial charge is 0.182 e. The SMILES string of the molecule is CNCCN1CCS(=O)(=O)c2c(C)cc(C)cc21. The molecule has 0 unspecified atom stereocenters. The van der Waals surface area contributed by atoms with Crippen molar-refractivity contribution in [2.45, 2.75) is 18.7 Å². The molecule has 0 aliphatic carbocycles. The average molecular weight is 268 g/mol. The van der Waals surface area contributed by atoms with E-state index in [2.05, 4.69) is 10.2 Å². The maximum Gasteiger partial charge on any atom is 0.182 e. The van der Waals surface area contributed by atoms with Gasteiger partial charge in [0, 0.05) is 19.6 Å². The van der Waals surface area contributed by atoms with Gasteiger partial charge in [-0.3, -0.25) is 0 Å². The second kappa shape index (κ2) is 4.90. The van der Waals surface area contributed by atoms with E-state index in [9.17, 15) is 8.42 Å². The predicted molar refractivity (Wildman–Crippen MR) is 74.1 cm³/mol. The van der Waals surface area contributed by atoms with Gasteiger partial charge in [0.2, 0.25) is 0 Å². The molecule has 4 nitrogen and oxygen atoms in total. The predicted octanol–water partition coefficient (Wildman–Crippen LogP) is 1.12. The Bertz CT molecular complexity index is 552.